The number of hydrogen-bond donors (Lipinski definition) is 1. The summed E-state index contributed by atoms with van der Waals surface area (Å²) in [7, 11) is 0. The fourth-order valence-electron chi connectivity index (χ4n) is 1.64. The molecular weight excluding hydrogens is 222 g/mol. The van der Waals surface area contributed by atoms with Crippen LogP contribution in [-0.2, 0) is 4.79 Å². The van der Waals surface area contributed by atoms with Crippen LogP contribution in [0, 0.1) is 5.92 Å². The molecule has 2 heteroatoms. The molecule has 1 rings (SSSR count). The number of amides is 1. The van der Waals surface area contributed by atoms with Crippen molar-refractivity contribution in [3.63, 3.8) is 0 Å². The van der Waals surface area contributed by atoms with Gasteiger partial charge in [0.05, 0.1) is 0 Å². The quantitative estimate of drug-likeness (QED) is 0.855. The van der Waals surface area contributed by atoms with E-state index in [-0.39, 0.29) is 11.8 Å². The summed E-state index contributed by atoms with van der Waals surface area (Å²) in [4.78, 5) is 11.8. The molecule has 0 aromatic heterocycles. The Balaban J connectivity index is 3.07. The Kier molecular flexibility index (Phi) is 5.37. The van der Waals surface area contributed by atoms with Gasteiger partial charge in [0.15, 0.2) is 0 Å². The average molecular weight is 243 g/mol. The average Bonchev–Trinajstić information content (AvgIpc) is 2.37. The van der Waals surface area contributed by atoms with Crippen molar-refractivity contribution in [1.82, 2.24) is 5.32 Å². The molecule has 0 bridgehead atoms. The SMILES string of the molecule is C/C=C\c1ccccc1/C(=C\C)NC(=O)C(C)C. The Morgan fingerprint density at radius 2 is 1.89 bits per heavy atom. The predicted molar refractivity (Wildman–Crippen MR) is 77.8 cm³/mol. The van der Waals surface area contributed by atoms with Crippen LogP contribution in [0.15, 0.2) is 36.4 Å². The first-order chi connectivity index (χ1) is 8.60. The van der Waals surface area contributed by atoms with E-state index in [9.17, 15) is 4.79 Å². The van der Waals surface area contributed by atoms with Crippen molar-refractivity contribution >= 4 is 17.7 Å². The molecule has 0 saturated carbocycles. The molecular formula is C16H21NO. The Morgan fingerprint density at radius 1 is 1.22 bits per heavy atom. The van der Waals surface area contributed by atoms with E-state index in [0.717, 1.165) is 16.8 Å². The summed E-state index contributed by atoms with van der Waals surface area (Å²) < 4.78 is 0. The van der Waals surface area contributed by atoms with Gasteiger partial charge in [-0.2, -0.15) is 0 Å². The molecule has 1 aromatic rings. The van der Waals surface area contributed by atoms with Crippen molar-refractivity contribution in [2.24, 2.45) is 5.92 Å². The lowest BCUT2D eigenvalue weighted by molar-refractivity contribution is -0.122. The number of carbonyl (C=O) groups excluding carboxylic acids is 1. The van der Waals surface area contributed by atoms with Crippen LogP contribution in [0.4, 0.5) is 0 Å². The Labute approximate surface area is 109 Å². The van der Waals surface area contributed by atoms with E-state index < -0.39 is 0 Å². The lowest BCUT2D eigenvalue weighted by Crippen LogP contribution is -2.26. The van der Waals surface area contributed by atoms with Crippen LogP contribution in [0.5, 0.6) is 0 Å². The molecule has 0 spiro atoms. The van der Waals surface area contributed by atoms with E-state index in [2.05, 4.69) is 5.32 Å². The molecule has 0 aliphatic carbocycles. The van der Waals surface area contributed by atoms with Crippen molar-refractivity contribution in [2.45, 2.75) is 27.7 Å². The standard InChI is InChI=1S/C16H21NO/c1-5-9-13-10-7-8-11-14(13)15(6-2)17-16(18)12(3)4/h5-12H,1-4H3,(H,17,18)/b9-5-,15-6+. The van der Waals surface area contributed by atoms with E-state index >= 15 is 0 Å². The Hall–Kier alpha value is -1.83. The third-order valence-corrected chi connectivity index (χ3v) is 2.67. The van der Waals surface area contributed by atoms with Crippen molar-refractivity contribution in [2.75, 3.05) is 0 Å². The summed E-state index contributed by atoms with van der Waals surface area (Å²) in [5, 5.41) is 2.97. The molecule has 0 fully saturated rings. The second kappa shape index (κ2) is 6.80. The molecule has 0 radical (unpaired) electrons. The summed E-state index contributed by atoms with van der Waals surface area (Å²) in [5.74, 6) is 0.0206. The minimum atomic E-state index is -0.0196. The first-order valence-electron chi connectivity index (χ1n) is 6.29. The largest absolute Gasteiger partial charge is 0.326 e. The molecule has 0 atom stereocenters. The second-order valence-electron chi connectivity index (χ2n) is 4.43. The molecule has 2 nitrogen and oxygen atoms in total. The highest BCUT2D eigenvalue weighted by molar-refractivity contribution is 5.89. The van der Waals surface area contributed by atoms with Gasteiger partial charge in [-0.05, 0) is 19.4 Å². The zero-order chi connectivity index (χ0) is 13.5. The lowest BCUT2D eigenvalue weighted by Gasteiger charge is -2.14. The maximum absolute atomic E-state index is 11.8. The first-order valence-corrected chi connectivity index (χ1v) is 6.29. The van der Waals surface area contributed by atoms with Crippen molar-refractivity contribution in [3.05, 3.63) is 47.5 Å². The van der Waals surface area contributed by atoms with Crippen LogP contribution < -0.4 is 5.32 Å². The minimum Gasteiger partial charge on any atom is -0.326 e. The number of nitrogens with one attached hydrogen (secondary N) is 1. The zero-order valence-electron chi connectivity index (χ0n) is 11.5. The predicted octanol–water partition coefficient (Wildman–Crippen LogP) is 3.85. The highest BCUT2D eigenvalue weighted by Crippen LogP contribution is 2.19. The number of benzene rings is 1. The lowest BCUT2D eigenvalue weighted by atomic mass is 10.0. The van der Waals surface area contributed by atoms with Gasteiger partial charge >= 0.3 is 0 Å². The smallest absolute Gasteiger partial charge is 0.226 e. The van der Waals surface area contributed by atoms with E-state index in [1.165, 1.54) is 0 Å². The summed E-state index contributed by atoms with van der Waals surface area (Å²) in [6.07, 6.45) is 5.97. The minimum absolute atomic E-state index is 0.0196. The molecule has 1 aromatic carbocycles. The molecule has 1 amide bonds. The van der Waals surface area contributed by atoms with Gasteiger partial charge in [0.2, 0.25) is 5.91 Å². The Bertz CT molecular complexity index is 470. The van der Waals surface area contributed by atoms with Gasteiger partial charge in [0.25, 0.3) is 0 Å². The van der Waals surface area contributed by atoms with Crippen LogP contribution in [-0.4, -0.2) is 5.91 Å². The van der Waals surface area contributed by atoms with Crippen LogP contribution in [0.25, 0.3) is 11.8 Å². The number of rotatable bonds is 4. The molecule has 96 valence electrons. The third kappa shape index (κ3) is 3.59. The zero-order valence-corrected chi connectivity index (χ0v) is 11.5. The van der Waals surface area contributed by atoms with Crippen LogP contribution in [0.3, 0.4) is 0 Å². The highest BCUT2D eigenvalue weighted by Gasteiger charge is 2.11. The van der Waals surface area contributed by atoms with E-state index in [0.29, 0.717) is 0 Å². The number of allylic oxidation sites excluding steroid dienone is 2. The first kappa shape index (κ1) is 14.2. The topological polar surface area (TPSA) is 29.1 Å². The number of hydrogen-bond acceptors (Lipinski definition) is 1. The molecule has 0 saturated heterocycles. The third-order valence-electron chi connectivity index (χ3n) is 2.67. The van der Waals surface area contributed by atoms with E-state index in [4.69, 9.17) is 0 Å². The van der Waals surface area contributed by atoms with Crippen LogP contribution in [0.2, 0.25) is 0 Å². The highest BCUT2D eigenvalue weighted by atomic mass is 16.1. The Morgan fingerprint density at radius 3 is 2.44 bits per heavy atom. The fourth-order valence-corrected chi connectivity index (χ4v) is 1.64. The van der Waals surface area contributed by atoms with Crippen molar-refractivity contribution in [3.8, 4) is 0 Å². The van der Waals surface area contributed by atoms with Gasteiger partial charge < -0.3 is 5.32 Å². The van der Waals surface area contributed by atoms with Gasteiger partial charge in [-0.25, -0.2) is 0 Å². The van der Waals surface area contributed by atoms with Crippen molar-refractivity contribution < 1.29 is 4.79 Å². The van der Waals surface area contributed by atoms with Gasteiger partial charge in [0.1, 0.15) is 0 Å². The summed E-state index contributed by atoms with van der Waals surface area (Å²) >= 11 is 0. The molecule has 0 aliphatic rings. The van der Waals surface area contributed by atoms with E-state index in [1.54, 1.807) is 0 Å². The van der Waals surface area contributed by atoms with Gasteiger partial charge in [0, 0.05) is 17.2 Å². The van der Waals surface area contributed by atoms with Gasteiger partial charge in [-0.1, -0.05) is 56.3 Å². The van der Waals surface area contributed by atoms with Crippen LogP contribution in [0.1, 0.15) is 38.8 Å². The molecule has 0 heterocycles. The van der Waals surface area contributed by atoms with Crippen LogP contribution >= 0.6 is 0 Å². The van der Waals surface area contributed by atoms with Gasteiger partial charge in [-0.3, -0.25) is 4.79 Å². The fraction of sp³-hybridized carbons (Fsp3) is 0.312. The molecule has 0 unspecified atom stereocenters. The normalized spacial score (nSPS) is 12.2. The van der Waals surface area contributed by atoms with Gasteiger partial charge in [-0.15, -0.1) is 0 Å². The molecule has 18 heavy (non-hydrogen) atoms. The number of carbonyl (C=O) groups is 1. The summed E-state index contributed by atoms with van der Waals surface area (Å²) in [5.41, 5.74) is 3.02. The molecule has 0 aliphatic heterocycles. The maximum Gasteiger partial charge on any atom is 0.226 e. The van der Waals surface area contributed by atoms with Crippen molar-refractivity contribution in [1.29, 1.82) is 0 Å². The monoisotopic (exact) mass is 243 g/mol. The second-order valence-corrected chi connectivity index (χ2v) is 4.43. The summed E-state index contributed by atoms with van der Waals surface area (Å²) in [6, 6.07) is 8.04. The molecule has 1 N–H and O–H groups in total. The summed E-state index contributed by atoms with van der Waals surface area (Å²) in [6.45, 7) is 7.70. The van der Waals surface area contributed by atoms with E-state index in [1.807, 2.05) is 70.2 Å². The maximum atomic E-state index is 11.8.